The third-order valence-electron chi connectivity index (χ3n) is 2.13. The summed E-state index contributed by atoms with van der Waals surface area (Å²) in [5.41, 5.74) is 2.16. The fraction of sp³-hybridized carbons (Fsp3) is 0.667. The zero-order valence-electron chi connectivity index (χ0n) is 10.2. The number of nitrogens with one attached hydrogen (secondary N) is 1. The molecule has 1 N–H and O–H groups in total. The van der Waals surface area contributed by atoms with Gasteiger partial charge in [0.25, 0.3) is 0 Å². The number of aromatic nitrogens is 2. The van der Waals surface area contributed by atoms with Gasteiger partial charge in [-0.15, -0.1) is 0 Å². The Labute approximate surface area is 92.3 Å². The number of hydrogen-bond acceptors (Lipinski definition) is 3. The summed E-state index contributed by atoms with van der Waals surface area (Å²) in [6.07, 6.45) is 0.902. The fourth-order valence-corrected chi connectivity index (χ4v) is 1.44. The van der Waals surface area contributed by atoms with E-state index in [0.717, 1.165) is 36.7 Å². The zero-order valence-corrected chi connectivity index (χ0v) is 10.2. The molecule has 0 saturated heterocycles. The average Bonchev–Trinajstić information content (AvgIpc) is 2.16. The van der Waals surface area contributed by atoms with E-state index in [0.29, 0.717) is 5.92 Å². The van der Waals surface area contributed by atoms with Gasteiger partial charge in [-0.2, -0.15) is 0 Å². The molecule has 0 saturated carbocycles. The first-order valence-corrected chi connectivity index (χ1v) is 5.66. The first kappa shape index (κ1) is 12.1. The highest BCUT2D eigenvalue weighted by Crippen LogP contribution is 2.01. The zero-order chi connectivity index (χ0) is 11.3. The van der Waals surface area contributed by atoms with Crippen LogP contribution >= 0.6 is 0 Å². The summed E-state index contributed by atoms with van der Waals surface area (Å²) in [6, 6.07) is 2.05. The lowest BCUT2D eigenvalue weighted by Crippen LogP contribution is -2.20. The molecule has 1 heterocycles. The molecule has 1 rings (SSSR count). The van der Waals surface area contributed by atoms with E-state index in [2.05, 4.69) is 36.1 Å². The number of aryl methyl sites for hydroxylation is 2. The van der Waals surface area contributed by atoms with Gasteiger partial charge in [-0.1, -0.05) is 20.8 Å². The molecule has 0 atom stereocenters. The van der Waals surface area contributed by atoms with Crippen LogP contribution in [0.25, 0.3) is 0 Å². The van der Waals surface area contributed by atoms with Crippen molar-refractivity contribution in [3.63, 3.8) is 0 Å². The topological polar surface area (TPSA) is 37.8 Å². The summed E-state index contributed by atoms with van der Waals surface area (Å²) in [5.74, 6) is 1.62. The quantitative estimate of drug-likeness (QED) is 0.803. The SMILES string of the molecule is CCc1nc(C)cc(CNCC(C)C)n1. The van der Waals surface area contributed by atoms with Crippen LogP contribution in [0.3, 0.4) is 0 Å². The summed E-state index contributed by atoms with van der Waals surface area (Å²) >= 11 is 0. The van der Waals surface area contributed by atoms with Crippen LogP contribution in [0.15, 0.2) is 6.07 Å². The van der Waals surface area contributed by atoms with Gasteiger partial charge in [-0.25, -0.2) is 9.97 Å². The second-order valence-electron chi connectivity index (χ2n) is 4.30. The minimum atomic E-state index is 0.679. The molecule has 0 aromatic carbocycles. The van der Waals surface area contributed by atoms with Crippen LogP contribution in [-0.2, 0) is 13.0 Å². The molecule has 0 unspecified atom stereocenters. The third-order valence-corrected chi connectivity index (χ3v) is 2.13. The lowest BCUT2D eigenvalue weighted by atomic mass is 10.2. The first-order valence-electron chi connectivity index (χ1n) is 5.66. The smallest absolute Gasteiger partial charge is 0.128 e. The minimum absolute atomic E-state index is 0.679. The van der Waals surface area contributed by atoms with Gasteiger partial charge in [0.05, 0.1) is 5.69 Å². The molecule has 3 heteroatoms. The van der Waals surface area contributed by atoms with Crippen molar-refractivity contribution >= 4 is 0 Å². The van der Waals surface area contributed by atoms with Gasteiger partial charge < -0.3 is 5.32 Å². The van der Waals surface area contributed by atoms with Crippen LogP contribution < -0.4 is 5.32 Å². The highest BCUT2D eigenvalue weighted by molar-refractivity contribution is 5.09. The predicted octanol–water partition coefficient (Wildman–Crippen LogP) is 2.09. The van der Waals surface area contributed by atoms with Crippen molar-refractivity contribution in [1.82, 2.24) is 15.3 Å². The second kappa shape index (κ2) is 5.81. The van der Waals surface area contributed by atoms with Gasteiger partial charge in [0.2, 0.25) is 0 Å². The van der Waals surface area contributed by atoms with Crippen molar-refractivity contribution in [2.24, 2.45) is 5.92 Å². The van der Waals surface area contributed by atoms with Crippen molar-refractivity contribution in [2.75, 3.05) is 6.54 Å². The summed E-state index contributed by atoms with van der Waals surface area (Å²) < 4.78 is 0. The van der Waals surface area contributed by atoms with Crippen molar-refractivity contribution < 1.29 is 0 Å². The summed E-state index contributed by atoms with van der Waals surface area (Å²) in [5, 5.41) is 3.39. The minimum Gasteiger partial charge on any atom is -0.311 e. The van der Waals surface area contributed by atoms with E-state index in [1.165, 1.54) is 0 Å². The van der Waals surface area contributed by atoms with Gasteiger partial charge in [0.15, 0.2) is 0 Å². The number of hydrogen-bond donors (Lipinski definition) is 1. The number of nitrogens with zero attached hydrogens (tertiary/aromatic N) is 2. The molecule has 0 aliphatic rings. The lowest BCUT2D eigenvalue weighted by Gasteiger charge is -2.08. The van der Waals surface area contributed by atoms with Crippen LogP contribution in [0.1, 0.15) is 38.0 Å². The molecule has 1 aromatic heterocycles. The Hall–Kier alpha value is -0.960. The molecule has 0 bridgehead atoms. The standard InChI is InChI=1S/C12H21N3/c1-5-12-14-10(4)6-11(15-12)8-13-7-9(2)3/h6,9,13H,5,7-8H2,1-4H3. The van der Waals surface area contributed by atoms with Crippen LogP contribution in [0, 0.1) is 12.8 Å². The average molecular weight is 207 g/mol. The van der Waals surface area contributed by atoms with Gasteiger partial charge in [-0.05, 0) is 25.5 Å². The monoisotopic (exact) mass is 207 g/mol. The molecular formula is C12H21N3. The van der Waals surface area contributed by atoms with Crippen LogP contribution in [0.5, 0.6) is 0 Å². The molecular weight excluding hydrogens is 186 g/mol. The summed E-state index contributed by atoms with van der Waals surface area (Å²) in [4.78, 5) is 8.83. The molecule has 0 fully saturated rings. The number of rotatable bonds is 5. The maximum Gasteiger partial charge on any atom is 0.128 e. The highest BCUT2D eigenvalue weighted by Gasteiger charge is 2.00. The molecule has 0 aliphatic carbocycles. The molecule has 3 nitrogen and oxygen atoms in total. The Morgan fingerprint density at radius 1 is 1.33 bits per heavy atom. The maximum absolute atomic E-state index is 4.48. The Kier molecular flexibility index (Phi) is 4.69. The summed E-state index contributed by atoms with van der Waals surface area (Å²) in [6.45, 7) is 10.4. The van der Waals surface area contributed by atoms with E-state index in [4.69, 9.17) is 0 Å². The van der Waals surface area contributed by atoms with E-state index >= 15 is 0 Å². The molecule has 15 heavy (non-hydrogen) atoms. The Bertz CT molecular complexity index is 308. The first-order chi connectivity index (χ1) is 7.11. The molecule has 0 spiro atoms. The van der Waals surface area contributed by atoms with Gasteiger partial charge in [-0.3, -0.25) is 0 Å². The van der Waals surface area contributed by atoms with Crippen LogP contribution in [0.4, 0.5) is 0 Å². The Morgan fingerprint density at radius 3 is 2.67 bits per heavy atom. The Morgan fingerprint density at radius 2 is 2.07 bits per heavy atom. The van der Waals surface area contributed by atoms with E-state index in [1.54, 1.807) is 0 Å². The molecule has 0 aliphatic heterocycles. The molecule has 0 radical (unpaired) electrons. The van der Waals surface area contributed by atoms with Crippen LogP contribution in [-0.4, -0.2) is 16.5 Å². The maximum atomic E-state index is 4.48. The van der Waals surface area contributed by atoms with Gasteiger partial charge in [0.1, 0.15) is 5.82 Å². The van der Waals surface area contributed by atoms with E-state index in [-0.39, 0.29) is 0 Å². The molecule has 0 amide bonds. The van der Waals surface area contributed by atoms with Crippen molar-refractivity contribution in [2.45, 2.75) is 40.7 Å². The fourth-order valence-electron chi connectivity index (χ4n) is 1.44. The van der Waals surface area contributed by atoms with Gasteiger partial charge in [0, 0.05) is 18.7 Å². The predicted molar refractivity (Wildman–Crippen MR) is 62.7 cm³/mol. The van der Waals surface area contributed by atoms with E-state index < -0.39 is 0 Å². The van der Waals surface area contributed by atoms with Crippen molar-refractivity contribution in [3.8, 4) is 0 Å². The van der Waals surface area contributed by atoms with E-state index in [9.17, 15) is 0 Å². The van der Waals surface area contributed by atoms with Crippen molar-refractivity contribution in [3.05, 3.63) is 23.3 Å². The van der Waals surface area contributed by atoms with Gasteiger partial charge >= 0.3 is 0 Å². The second-order valence-corrected chi connectivity index (χ2v) is 4.30. The lowest BCUT2D eigenvalue weighted by molar-refractivity contribution is 0.546. The third kappa shape index (κ3) is 4.38. The van der Waals surface area contributed by atoms with Crippen LogP contribution in [0.2, 0.25) is 0 Å². The molecule has 1 aromatic rings. The normalized spacial score (nSPS) is 11.0. The highest BCUT2D eigenvalue weighted by atomic mass is 14.9. The Balaban J connectivity index is 2.56. The largest absolute Gasteiger partial charge is 0.311 e. The van der Waals surface area contributed by atoms with Crippen molar-refractivity contribution in [1.29, 1.82) is 0 Å². The van der Waals surface area contributed by atoms with E-state index in [1.807, 2.05) is 13.0 Å². The molecule has 84 valence electrons. The summed E-state index contributed by atoms with van der Waals surface area (Å²) in [7, 11) is 0.